The SMILES string of the molecule is COc1ccc(S(=O)(=O)c2ccc(C(=O)Nc3cccc(C)c3C)cn2)cc1. The first-order chi connectivity index (χ1) is 13.3. The normalized spacial score (nSPS) is 11.1. The van der Waals surface area contributed by atoms with Crippen LogP contribution in [0.4, 0.5) is 5.69 Å². The molecule has 0 saturated heterocycles. The molecule has 0 spiro atoms. The maximum absolute atomic E-state index is 12.7. The molecule has 0 fully saturated rings. The highest BCUT2D eigenvalue weighted by Crippen LogP contribution is 2.22. The van der Waals surface area contributed by atoms with Crippen LogP contribution in [0.3, 0.4) is 0 Å². The Labute approximate surface area is 164 Å². The number of nitrogens with one attached hydrogen (secondary N) is 1. The largest absolute Gasteiger partial charge is 0.497 e. The Morgan fingerprint density at radius 1 is 1.00 bits per heavy atom. The van der Waals surface area contributed by atoms with Crippen molar-refractivity contribution in [2.24, 2.45) is 0 Å². The average molecular weight is 396 g/mol. The molecular weight excluding hydrogens is 376 g/mol. The fraction of sp³-hybridized carbons (Fsp3) is 0.143. The van der Waals surface area contributed by atoms with Crippen molar-refractivity contribution >= 4 is 21.4 Å². The number of methoxy groups -OCH3 is 1. The molecule has 28 heavy (non-hydrogen) atoms. The number of sulfone groups is 1. The average Bonchev–Trinajstić information content (AvgIpc) is 2.71. The van der Waals surface area contributed by atoms with Crippen LogP contribution in [0.25, 0.3) is 0 Å². The number of nitrogens with zero attached hydrogens (tertiary/aromatic N) is 1. The monoisotopic (exact) mass is 396 g/mol. The summed E-state index contributed by atoms with van der Waals surface area (Å²) < 4.78 is 30.4. The van der Waals surface area contributed by atoms with Crippen LogP contribution in [0.2, 0.25) is 0 Å². The summed E-state index contributed by atoms with van der Waals surface area (Å²) in [4.78, 5) is 16.6. The van der Waals surface area contributed by atoms with Crippen molar-refractivity contribution in [3.05, 3.63) is 77.5 Å². The summed E-state index contributed by atoms with van der Waals surface area (Å²) in [6.07, 6.45) is 1.26. The van der Waals surface area contributed by atoms with Gasteiger partial charge in [-0.05, 0) is 67.4 Å². The molecule has 0 radical (unpaired) electrons. The van der Waals surface area contributed by atoms with Gasteiger partial charge in [0.15, 0.2) is 5.03 Å². The predicted molar refractivity (Wildman–Crippen MR) is 107 cm³/mol. The number of pyridine rings is 1. The number of amides is 1. The van der Waals surface area contributed by atoms with Crippen LogP contribution in [0.15, 0.2) is 70.7 Å². The molecule has 0 bridgehead atoms. The quantitative estimate of drug-likeness (QED) is 0.709. The molecule has 0 aliphatic rings. The number of hydrogen-bond acceptors (Lipinski definition) is 5. The number of carbonyl (C=O) groups excluding carboxylic acids is 1. The van der Waals surface area contributed by atoms with Gasteiger partial charge >= 0.3 is 0 Å². The number of hydrogen-bond donors (Lipinski definition) is 1. The van der Waals surface area contributed by atoms with Crippen molar-refractivity contribution in [1.82, 2.24) is 4.98 Å². The van der Waals surface area contributed by atoms with Gasteiger partial charge < -0.3 is 10.1 Å². The smallest absolute Gasteiger partial charge is 0.257 e. The molecule has 1 aromatic heterocycles. The van der Waals surface area contributed by atoms with E-state index in [1.807, 2.05) is 32.0 Å². The topological polar surface area (TPSA) is 85.4 Å². The Morgan fingerprint density at radius 2 is 1.71 bits per heavy atom. The molecule has 0 aliphatic carbocycles. The van der Waals surface area contributed by atoms with Crippen LogP contribution in [-0.2, 0) is 9.84 Å². The first kappa shape index (κ1) is 19.6. The van der Waals surface area contributed by atoms with Crippen molar-refractivity contribution in [2.45, 2.75) is 23.8 Å². The van der Waals surface area contributed by atoms with E-state index in [-0.39, 0.29) is 21.4 Å². The molecule has 6 nitrogen and oxygen atoms in total. The van der Waals surface area contributed by atoms with E-state index in [1.165, 1.54) is 37.6 Å². The summed E-state index contributed by atoms with van der Waals surface area (Å²) in [7, 11) is -2.27. The van der Waals surface area contributed by atoms with Crippen LogP contribution >= 0.6 is 0 Å². The van der Waals surface area contributed by atoms with Gasteiger partial charge in [-0.25, -0.2) is 13.4 Å². The van der Waals surface area contributed by atoms with Gasteiger partial charge in [0.2, 0.25) is 9.84 Å². The number of aromatic nitrogens is 1. The van der Waals surface area contributed by atoms with Crippen LogP contribution in [0.5, 0.6) is 5.75 Å². The number of ether oxygens (including phenoxy) is 1. The number of benzene rings is 2. The maximum Gasteiger partial charge on any atom is 0.257 e. The van der Waals surface area contributed by atoms with E-state index in [0.717, 1.165) is 11.1 Å². The van der Waals surface area contributed by atoms with E-state index in [9.17, 15) is 13.2 Å². The minimum atomic E-state index is -3.78. The summed E-state index contributed by atoms with van der Waals surface area (Å²) in [6.45, 7) is 3.89. The molecule has 1 amide bonds. The van der Waals surface area contributed by atoms with E-state index < -0.39 is 9.84 Å². The van der Waals surface area contributed by atoms with Gasteiger partial charge in [0, 0.05) is 11.9 Å². The van der Waals surface area contributed by atoms with E-state index >= 15 is 0 Å². The fourth-order valence-electron chi connectivity index (χ4n) is 2.63. The number of rotatable bonds is 5. The predicted octanol–water partition coefficient (Wildman–Crippen LogP) is 3.79. The molecule has 0 unspecified atom stereocenters. The second kappa shape index (κ2) is 7.82. The molecule has 0 saturated carbocycles. The summed E-state index contributed by atoms with van der Waals surface area (Å²) in [6, 6.07) is 14.5. The summed E-state index contributed by atoms with van der Waals surface area (Å²) >= 11 is 0. The highest BCUT2D eigenvalue weighted by molar-refractivity contribution is 7.91. The molecule has 0 aliphatic heterocycles. The van der Waals surface area contributed by atoms with E-state index in [4.69, 9.17) is 4.74 Å². The minimum Gasteiger partial charge on any atom is -0.497 e. The molecule has 144 valence electrons. The first-order valence-corrected chi connectivity index (χ1v) is 10.0. The molecule has 7 heteroatoms. The van der Waals surface area contributed by atoms with Gasteiger partial charge in [0.05, 0.1) is 17.6 Å². The van der Waals surface area contributed by atoms with Gasteiger partial charge in [-0.1, -0.05) is 12.1 Å². The zero-order chi connectivity index (χ0) is 20.3. The second-order valence-corrected chi connectivity index (χ2v) is 8.16. The van der Waals surface area contributed by atoms with Crippen LogP contribution in [-0.4, -0.2) is 26.4 Å². The number of anilines is 1. The third-order valence-corrected chi connectivity index (χ3v) is 6.18. The zero-order valence-corrected chi connectivity index (χ0v) is 16.6. The summed E-state index contributed by atoms with van der Waals surface area (Å²) in [5.74, 6) is 0.208. The third-order valence-electron chi connectivity index (χ3n) is 4.50. The molecule has 1 heterocycles. The maximum atomic E-state index is 12.7. The molecule has 2 aromatic carbocycles. The Balaban J connectivity index is 1.82. The van der Waals surface area contributed by atoms with Crippen molar-refractivity contribution in [2.75, 3.05) is 12.4 Å². The van der Waals surface area contributed by atoms with Gasteiger partial charge in [-0.2, -0.15) is 0 Å². The van der Waals surface area contributed by atoms with Crippen LogP contribution in [0, 0.1) is 13.8 Å². The number of aryl methyl sites for hydroxylation is 1. The Morgan fingerprint density at radius 3 is 2.32 bits per heavy atom. The van der Waals surface area contributed by atoms with E-state index in [1.54, 1.807) is 12.1 Å². The van der Waals surface area contributed by atoms with Crippen molar-refractivity contribution in [3.63, 3.8) is 0 Å². The van der Waals surface area contributed by atoms with Crippen molar-refractivity contribution in [3.8, 4) is 5.75 Å². The molecule has 3 rings (SSSR count). The van der Waals surface area contributed by atoms with Gasteiger partial charge in [0.1, 0.15) is 5.75 Å². The van der Waals surface area contributed by atoms with E-state index in [2.05, 4.69) is 10.3 Å². The first-order valence-electron chi connectivity index (χ1n) is 8.55. The Bertz CT molecular complexity index is 1110. The fourth-order valence-corrected chi connectivity index (χ4v) is 3.80. The van der Waals surface area contributed by atoms with Gasteiger partial charge in [-0.3, -0.25) is 4.79 Å². The second-order valence-electron chi connectivity index (χ2n) is 6.27. The van der Waals surface area contributed by atoms with E-state index in [0.29, 0.717) is 11.4 Å². The Kier molecular flexibility index (Phi) is 5.46. The zero-order valence-electron chi connectivity index (χ0n) is 15.8. The molecule has 1 N–H and O–H groups in total. The highest BCUT2D eigenvalue weighted by Gasteiger charge is 2.20. The lowest BCUT2D eigenvalue weighted by molar-refractivity contribution is 0.102. The lowest BCUT2D eigenvalue weighted by Gasteiger charge is -2.10. The Hall–Kier alpha value is -3.19. The lowest BCUT2D eigenvalue weighted by atomic mass is 10.1. The van der Waals surface area contributed by atoms with Gasteiger partial charge in [-0.15, -0.1) is 0 Å². The highest BCUT2D eigenvalue weighted by atomic mass is 32.2. The van der Waals surface area contributed by atoms with Crippen LogP contribution in [0.1, 0.15) is 21.5 Å². The van der Waals surface area contributed by atoms with Crippen molar-refractivity contribution in [1.29, 1.82) is 0 Å². The van der Waals surface area contributed by atoms with Crippen molar-refractivity contribution < 1.29 is 17.9 Å². The standard InChI is InChI=1S/C21H20N2O4S/c1-14-5-4-6-19(15(14)2)23-21(24)16-7-12-20(22-13-16)28(25,26)18-10-8-17(27-3)9-11-18/h4-13H,1-3H3,(H,23,24). The number of carbonyl (C=O) groups is 1. The summed E-state index contributed by atoms with van der Waals surface area (Å²) in [5, 5.41) is 2.70. The molecular formula is C21H20N2O4S. The molecule has 3 aromatic rings. The molecule has 0 atom stereocenters. The van der Waals surface area contributed by atoms with Crippen LogP contribution < -0.4 is 10.1 Å². The minimum absolute atomic E-state index is 0.105. The lowest BCUT2D eigenvalue weighted by Crippen LogP contribution is -2.14. The summed E-state index contributed by atoms with van der Waals surface area (Å²) in [5.41, 5.74) is 3.02. The van der Waals surface area contributed by atoms with Gasteiger partial charge in [0.25, 0.3) is 5.91 Å². The third kappa shape index (κ3) is 3.89.